The molecule has 0 bridgehead atoms. The van der Waals surface area contributed by atoms with Gasteiger partial charge < -0.3 is 9.64 Å². The summed E-state index contributed by atoms with van der Waals surface area (Å²) in [6.45, 7) is 2.42. The molecule has 5 nitrogen and oxygen atoms in total. The molecule has 1 aromatic heterocycles. The van der Waals surface area contributed by atoms with E-state index in [1.807, 2.05) is 15.8 Å². The van der Waals surface area contributed by atoms with Crippen molar-refractivity contribution < 1.29 is 13.9 Å². The summed E-state index contributed by atoms with van der Waals surface area (Å²) in [5, 5.41) is 4.40. The number of fused-ring (bicyclic) bond motifs is 1. The van der Waals surface area contributed by atoms with Gasteiger partial charge in [0.1, 0.15) is 11.9 Å². The van der Waals surface area contributed by atoms with Gasteiger partial charge >= 0.3 is 0 Å². The summed E-state index contributed by atoms with van der Waals surface area (Å²) in [6, 6.07) is 6.42. The van der Waals surface area contributed by atoms with Gasteiger partial charge in [0.2, 0.25) is 0 Å². The molecule has 6 heteroatoms. The predicted molar refractivity (Wildman–Crippen MR) is 81.0 cm³/mol. The van der Waals surface area contributed by atoms with Crippen LogP contribution in [0.3, 0.4) is 0 Å². The van der Waals surface area contributed by atoms with Gasteiger partial charge in [0.15, 0.2) is 0 Å². The molecule has 0 spiro atoms. The molecule has 23 heavy (non-hydrogen) atoms. The van der Waals surface area contributed by atoms with Gasteiger partial charge in [0, 0.05) is 18.7 Å². The highest BCUT2D eigenvalue weighted by molar-refractivity contribution is 5.81. The number of aromatic nitrogens is 2. The average Bonchev–Trinajstić information content (AvgIpc) is 3.27. The minimum Gasteiger partial charge on any atom is -0.368 e. The van der Waals surface area contributed by atoms with Crippen molar-refractivity contribution in [1.82, 2.24) is 14.7 Å². The number of carbonyl (C=O) groups excluding carboxylic acids is 1. The van der Waals surface area contributed by atoms with Crippen LogP contribution in [0.15, 0.2) is 30.5 Å². The fraction of sp³-hybridized carbons (Fsp3) is 0.412. The minimum atomic E-state index is -0.280. The minimum absolute atomic E-state index is 0.0760. The van der Waals surface area contributed by atoms with Crippen LogP contribution >= 0.6 is 0 Å². The largest absolute Gasteiger partial charge is 0.368 e. The lowest BCUT2D eigenvalue weighted by Crippen LogP contribution is -2.35. The van der Waals surface area contributed by atoms with Gasteiger partial charge in [-0.3, -0.25) is 9.48 Å². The molecule has 1 amide bonds. The van der Waals surface area contributed by atoms with Crippen LogP contribution in [0.2, 0.25) is 0 Å². The van der Waals surface area contributed by atoms with Crippen LogP contribution in [0.4, 0.5) is 4.39 Å². The molecule has 0 saturated carbocycles. The van der Waals surface area contributed by atoms with Crippen LogP contribution in [0.1, 0.15) is 29.7 Å². The van der Waals surface area contributed by atoms with E-state index >= 15 is 0 Å². The molecular weight excluding hydrogens is 297 g/mol. The van der Waals surface area contributed by atoms with Crippen LogP contribution in [0, 0.1) is 5.82 Å². The Bertz CT molecular complexity index is 720. The highest BCUT2D eigenvalue weighted by atomic mass is 19.1. The number of nitrogens with zero attached hydrogens (tertiary/aromatic N) is 3. The van der Waals surface area contributed by atoms with Gasteiger partial charge in [-0.1, -0.05) is 12.1 Å². The Balaban J connectivity index is 1.48. The number of hydrogen-bond acceptors (Lipinski definition) is 3. The molecule has 2 aliphatic rings. The van der Waals surface area contributed by atoms with Crippen molar-refractivity contribution in [2.75, 3.05) is 6.61 Å². The van der Waals surface area contributed by atoms with Crippen LogP contribution in [-0.2, 0) is 29.2 Å². The number of ether oxygens (including phenoxy) is 1. The zero-order chi connectivity index (χ0) is 15.8. The quantitative estimate of drug-likeness (QED) is 0.871. The van der Waals surface area contributed by atoms with Crippen molar-refractivity contribution >= 4 is 5.91 Å². The van der Waals surface area contributed by atoms with E-state index in [2.05, 4.69) is 5.10 Å². The Morgan fingerprint density at radius 1 is 1.30 bits per heavy atom. The maximum absolute atomic E-state index is 13.0. The molecule has 0 radical (unpaired) electrons. The number of hydrogen-bond donors (Lipinski definition) is 0. The average molecular weight is 315 g/mol. The fourth-order valence-corrected chi connectivity index (χ4v) is 3.24. The van der Waals surface area contributed by atoms with E-state index in [1.54, 1.807) is 12.1 Å². The maximum atomic E-state index is 13.0. The van der Waals surface area contributed by atoms with E-state index in [-0.39, 0.29) is 17.8 Å². The molecule has 4 rings (SSSR count). The number of rotatable bonds is 3. The molecule has 1 atom stereocenters. The number of amides is 1. The van der Waals surface area contributed by atoms with Crippen molar-refractivity contribution in [3.8, 4) is 0 Å². The summed E-state index contributed by atoms with van der Waals surface area (Å²) in [4.78, 5) is 14.3. The van der Waals surface area contributed by atoms with Crippen LogP contribution in [0.25, 0.3) is 0 Å². The zero-order valence-corrected chi connectivity index (χ0v) is 12.7. The molecule has 2 aromatic rings. The highest BCUT2D eigenvalue weighted by Crippen LogP contribution is 2.26. The molecular formula is C17H18FN3O2. The second-order valence-electron chi connectivity index (χ2n) is 6.10. The second kappa shape index (κ2) is 5.77. The van der Waals surface area contributed by atoms with Crippen LogP contribution in [0.5, 0.6) is 0 Å². The zero-order valence-electron chi connectivity index (χ0n) is 12.7. The lowest BCUT2D eigenvalue weighted by atomic mass is 10.2. The summed E-state index contributed by atoms with van der Waals surface area (Å²) in [5.41, 5.74) is 3.13. The van der Waals surface area contributed by atoms with Crippen molar-refractivity contribution in [3.63, 3.8) is 0 Å². The number of carbonyl (C=O) groups is 1. The number of benzene rings is 1. The molecule has 120 valence electrons. The molecule has 1 fully saturated rings. The van der Waals surface area contributed by atoms with Crippen molar-refractivity contribution in [1.29, 1.82) is 0 Å². The van der Waals surface area contributed by atoms with E-state index in [4.69, 9.17) is 4.74 Å². The Morgan fingerprint density at radius 3 is 2.87 bits per heavy atom. The Kier molecular flexibility index (Phi) is 3.61. The molecule has 3 heterocycles. The first kappa shape index (κ1) is 14.4. The standard InChI is InChI=1S/C17H18FN3O2/c18-14-5-3-12(4-6-14)9-21-15-11-20(10-13(15)8-19-21)17(22)16-2-1-7-23-16/h3-6,8,16H,1-2,7,9-11H2/t16-/m0/s1. The van der Waals surface area contributed by atoms with Crippen LogP contribution < -0.4 is 0 Å². The third-order valence-electron chi connectivity index (χ3n) is 4.50. The molecule has 0 N–H and O–H groups in total. The monoisotopic (exact) mass is 315 g/mol. The first-order valence-corrected chi connectivity index (χ1v) is 7.89. The summed E-state index contributed by atoms with van der Waals surface area (Å²) in [6.07, 6.45) is 3.31. The van der Waals surface area contributed by atoms with Gasteiger partial charge in [0.25, 0.3) is 5.91 Å². The van der Waals surface area contributed by atoms with E-state index in [0.29, 0.717) is 26.2 Å². The Hall–Kier alpha value is -2.21. The van der Waals surface area contributed by atoms with Crippen molar-refractivity contribution in [2.45, 2.75) is 38.6 Å². The first-order chi connectivity index (χ1) is 11.2. The van der Waals surface area contributed by atoms with Gasteiger partial charge in [-0.05, 0) is 30.5 Å². The molecule has 2 aliphatic heterocycles. The summed E-state index contributed by atoms with van der Waals surface area (Å²) >= 11 is 0. The first-order valence-electron chi connectivity index (χ1n) is 7.89. The van der Waals surface area contributed by atoms with E-state index in [1.165, 1.54) is 12.1 Å². The maximum Gasteiger partial charge on any atom is 0.252 e. The lowest BCUT2D eigenvalue weighted by molar-refractivity contribution is -0.141. The third kappa shape index (κ3) is 2.74. The molecule has 1 aromatic carbocycles. The van der Waals surface area contributed by atoms with Crippen molar-refractivity contribution in [3.05, 3.63) is 53.1 Å². The van der Waals surface area contributed by atoms with Gasteiger partial charge in [-0.2, -0.15) is 5.10 Å². The second-order valence-corrected chi connectivity index (χ2v) is 6.10. The Morgan fingerprint density at radius 2 is 2.13 bits per heavy atom. The normalized spacial score (nSPS) is 20.0. The number of halogens is 1. The topological polar surface area (TPSA) is 47.4 Å². The highest BCUT2D eigenvalue weighted by Gasteiger charge is 2.33. The predicted octanol–water partition coefficient (Wildman–Crippen LogP) is 2.09. The fourth-order valence-electron chi connectivity index (χ4n) is 3.24. The summed E-state index contributed by atoms with van der Waals surface area (Å²) in [5.74, 6) is -0.167. The molecule has 0 unspecified atom stereocenters. The van der Waals surface area contributed by atoms with E-state index in [9.17, 15) is 9.18 Å². The third-order valence-corrected chi connectivity index (χ3v) is 4.50. The van der Waals surface area contributed by atoms with Gasteiger partial charge in [0.05, 0.1) is 25.0 Å². The van der Waals surface area contributed by atoms with E-state index < -0.39 is 0 Å². The van der Waals surface area contributed by atoms with Gasteiger partial charge in [-0.15, -0.1) is 0 Å². The SMILES string of the molecule is O=C([C@@H]1CCCO1)N1Cc2cnn(Cc3ccc(F)cc3)c2C1. The smallest absolute Gasteiger partial charge is 0.252 e. The van der Waals surface area contributed by atoms with Crippen LogP contribution in [-0.4, -0.2) is 33.3 Å². The van der Waals surface area contributed by atoms with E-state index in [0.717, 1.165) is 29.7 Å². The Labute approximate surface area is 133 Å². The van der Waals surface area contributed by atoms with Crippen molar-refractivity contribution in [2.24, 2.45) is 0 Å². The summed E-state index contributed by atoms with van der Waals surface area (Å²) < 4.78 is 20.4. The van der Waals surface area contributed by atoms with Gasteiger partial charge in [-0.25, -0.2) is 4.39 Å². The molecule has 0 aliphatic carbocycles. The molecule has 1 saturated heterocycles. The summed E-state index contributed by atoms with van der Waals surface area (Å²) in [7, 11) is 0. The lowest BCUT2D eigenvalue weighted by Gasteiger charge is -2.19.